The molecule has 138 valence electrons. The molecule has 0 spiro atoms. The van der Waals surface area contributed by atoms with Crippen molar-refractivity contribution >= 4 is 63.7 Å². The minimum Gasteiger partial charge on any atom is -1.00 e. The molecule has 0 aliphatic carbocycles. The average Bonchev–Trinajstić information content (AvgIpc) is 2.43. The van der Waals surface area contributed by atoms with E-state index >= 15 is 0 Å². The molecule has 0 aromatic heterocycles. The topological polar surface area (TPSA) is 0 Å². The summed E-state index contributed by atoms with van der Waals surface area (Å²) >= 11 is 15.0. The van der Waals surface area contributed by atoms with Gasteiger partial charge in [0.05, 0.1) is 19.6 Å². The van der Waals surface area contributed by atoms with E-state index in [0.717, 1.165) is 6.42 Å². The smallest absolute Gasteiger partial charge is 0.144 e. The van der Waals surface area contributed by atoms with E-state index in [-0.39, 0.29) is 38.6 Å². The maximum absolute atomic E-state index is 4.05. The zero-order valence-electron chi connectivity index (χ0n) is 14.9. The van der Waals surface area contributed by atoms with Crippen LogP contribution in [0.25, 0.3) is 0 Å². The van der Waals surface area contributed by atoms with E-state index < -0.39 is 0 Å². The standard InChI is InChI=1S/C16H32Br4N.BrH.Zn/c1-4-7-12-21(13-8-5-2,14-9-6-3)15(17)10-11-16(18,19)20;;/h15H,4-14H2,1-3H3;1H;/q+1;;/p-1. The summed E-state index contributed by atoms with van der Waals surface area (Å²) in [4.78, 5) is 0.550. The van der Waals surface area contributed by atoms with Gasteiger partial charge in [-0.1, -0.05) is 87.8 Å². The van der Waals surface area contributed by atoms with Crippen molar-refractivity contribution in [2.75, 3.05) is 19.6 Å². The molecular weight excluding hydrogens is 671 g/mol. The molecule has 0 amide bonds. The number of unbranched alkanes of at least 4 members (excludes halogenated alkanes) is 3. The Hall–Kier alpha value is 2.98. The summed E-state index contributed by atoms with van der Waals surface area (Å²) in [6.45, 7) is 10.8. The molecule has 1 unspecified atom stereocenters. The van der Waals surface area contributed by atoms with E-state index in [4.69, 9.17) is 0 Å². The number of halogens is 5. The van der Waals surface area contributed by atoms with Crippen LogP contribution in [0, 0.1) is 0 Å². The fourth-order valence-electron chi connectivity index (χ4n) is 2.73. The molecule has 0 heterocycles. The zero-order valence-corrected chi connectivity index (χ0v) is 25.8. The number of alkyl halides is 4. The van der Waals surface area contributed by atoms with Crippen LogP contribution < -0.4 is 17.0 Å². The molecule has 1 nitrogen and oxygen atoms in total. The van der Waals surface area contributed by atoms with Crippen molar-refractivity contribution in [1.82, 2.24) is 0 Å². The quantitative estimate of drug-likeness (QED) is 0.121. The summed E-state index contributed by atoms with van der Waals surface area (Å²) in [6.07, 6.45) is 10.1. The molecule has 0 radical (unpaired) electrons. The van der Waals surface area contributed by atoms with Gasteiger partial charge < -0.3 is 21.5 Å². The molecule has 23 heavy (non-hydrogen) atoms. The van der Waals surface area contributed by atoms with Crippen LogP contribution in [0.3, 0.4) is 0 Å². The summed E-state index contributed by atoms with van der Waals surface area (Å²) in [5.74, 6) is 0. The Kier molecular flexibility index (Phi) is 22.8. The van der Waals surface area contributed by atoms with Crippen molar-refractivity contribution in [3.8, 4) is 0 Å². The molecule has 0 aliphatic rings. The van der Waals surface area contributed by atoms with Gasteiger partial charge in [0.25, 0.3) is 0 Å². The van der Waals surface area contributed by atoms with Gasteiger partial charge in [-0.15, -0.1) is 0 Å². The summed E-state index contributed by atoms with van der Waals surface area (Å²) < 4.78 is 1.13. The molecule has 7 heteroatoms. The normalized spacial score (nSPS) is 13.2. The Morgan fingerprint density at radius 3 is 1.43 bits per heavy atom. The summed E-state index contributed by atoms with van der Waals surface area (Å²) in [7, 11) is 0. The molecule has 0 bridgehead atoms. The maximum Gasteiger partial charge on any atom is 0.144 e. The second-order valence-electron chi connectivity index (χ2n) is 6.04. The number of rotatable bonds is 12. The Labute approximate surface area is 201 Å². The molecule has 0 N–H and O–H groups in total. The van der Waals surface area contributed by atoms with E-state index in [2.05, 4.69) is 84.5 Å². The van der Waals surface area contributed by atoms with E-state index in [1.807, 2.05) is 0 Å². The largest absolute Gasteiger partial charge is 1.00 e. The molecule has 1 atom stereocenters. The van der Waals surface area contributed by atoms with Gasteiger partial charge >= 0.3 is 0 Å². The van der Waals surface area contributed by atoms with Crippen LogP contribution in [0.5, 0.6) is 0 Å². The van der Waals surface area contributed by atoms with Crippen molar-refractivity contribution in [3.05, 3.63) is 0 Å². The summed E-state index contributed by atoms with van der Waals surface area (Å²) in [5.41, 5.74) is 0. The van der Waals surface area contributed by atoms with Crippen LogP contribution in [0.4, 0.5) is 0 Å². The fraction of sp³-hybridized carbons (Fsp3) is 1.00. The Morgan fingerprint density at radius 1 is 0.826 bits per heavy atom. The van der Waals surface area contributed by atoms with Gasteiger partial charge in [0.2, 0.25) is 0 Å². The average molecular weight is 703 g/mol. The van der Waals surface area contributed by atoms with Gasteiger partial charge in [-0.3, -0.25) is 0 Å². The summed E-state index contributed by atoms with van der Waals surface area (Å²) in [6, 6.07) is 0. The van der Waals surface area contributed by atoms with Gasteiger partial charge in [0, 0.05) is 25.9 Å². The molecule has 0 aliphatic heterocycles. The van der Waals surface area contributed by atoms with Crippen LogP contribution in [0.15, 0.2) is 0 Å². The van der Waals surface area contributed by atoms with Crippen LogP contribution >= 0.6 is 63.7 Å². The van der Waals surface area contributed by atoms with Gasteiger partial charge in [0.15, 0.2) is 0 Å². The van der Waals surface area contributed by atoms with Gasteiger partial charge in [-0.2, -0.15) is 0 Å². The summed E-state index contributed by atoms with van der Waals surface area (Å²) in [5, 5.41) is 0. The molecule has 0 aromatic rings. The van der Waals surface area contributed by atoms with Crippen LogP contribution in [0.1, 0.15) is 72.1 Å². The first kappa shape index (κ1) is 30.7. The SMILES string of the molecule is CCCC[N+](CCCC)(CCCC)C(Br)CCC(Br)(Br)Br.[Br-].[Zn]. The van der Waals surface area contributed by atoms with Crippen LogP contribution in [0.2, 0.25) is 0 Å². The van der Waals surface area contributed by atoms with Crippen LogP contribution in [-0.4, -0.2) is 31.2 Å². The second-order valence-corrected chi connectivity index (χ2v) is 14.3. The van der Waals surface area contributed by atoms with E-state index in [1.165, 1.54) is 69.1 Å². The molecule has 0 rings (SSSR count). The third kappa shape index (κ3) is 14.7. The Morgan fingerprint density at radius 2 is 1.17 bits per heavy atom. The monoisotopic (exact) mass is 697 g/mol. The van der Waals surface area contributed by atoms with E-state index in [0.29, 0.717) is 4.95 Å². The zero-order chi connectivity index (χ0) is 16.4. The third-order valence-electron chi connectivity index (χ3n) is 4.13. The number of hydrogen-bond acceptors (Lipinski definition) is 0. The minimum atomic E-state index is -0.116. The van der Waals surface area contributed by atoms with Gasteiger partial charge in [0.1, 0.15) is 7.09 Å². The van der Waals surface area contributed by atoms with Crippen molar-refractivity contribution in [1.29, 1.82) is 0 Å². The third-order valence-corrected chi connectivity index (χ3v) is 6.65. The van der Waals surface area contributed by atoms with Crippen molar-refractivity contribution in [2.24, 2.45) is 0 Å². The molecule has 0 saturated carbocycles. The first-order valence-electron chi connectivity index (χ1n) is 8.38. The maximum atomic E-state index is 4.05. The molecular formula is C16H32Br5NZn. The molecule has 0 aromatic carbocycles. The van der Waals surface area contributed by atoms with Crippen molar-refractivity contribution in [3.63, 3.8) is 0 Å². The fourth-order valence-corrected chi connectivity index (χ4v) is 4.26. The molecule has 0 saturated heterocycles. The predicted octanol–water partition coefficient (Wildman–Crippen LogP) is 4.54. The van der Waals surface area contributed by atoms with Gasteiger partial charge in [-0.05, 0) is 41.6 Å². The van der Waals surface area contributed by atoms with Crippen molar-refractivity contribution < 1.29 is 40.9 Å². The van der Waals surface area contributed by atoms with E-state index in [9.17, 15) is 0 Å². The number of quaternary nitrogens is 1. The first-order chi connectivity index (χ1) is 9.81. The second kappa shape index (κ2) is 17.1. The van der Waals surface area contributed by atoms with Crippen molar-refractivity contribution in [2.45, 2.75) is 79.2 Å². The Bertz CT molecular complexity index is 240. The van der Waals surface area contributed by atoms with Gasteiger partial charge in [-0.25, -0.2) is 0 Å². The van der Waals surface area contributed by atoms with Crippen LogP contribution in [-0.2, 0) is 19.5 Å². The number of hydrogen-bond donors (Lipinski definition) is 0. The van der Waals surface area contributed by atoms with E-state index in [1.54, 1.807) is 0 Å². The molecule has 0 fully saturated rings. The predicted molar refractivity (Wildman–Crippen MR) is 111 cm³/mol. The minimum absolute atomic E-state index is 0. The number of nitrogens with zero attached hydrogens (tertiary/aromatic N) is 1. The first-order valence-corrected chi connectivity index (χ1v) is 11.7. The Balaban J connectivity index is -0.00000200.